The Labute approximate surface area is 165 Å². The largest absolute Gasteiger partial charge is 0.490 e. The van der Waals surface area contributed by atoms with Crippen molar-refractivity contribution >= 4 is 5.97 Å². The number of carbonyl (C=O) groups is 1. The standard InChI is InChI=1S/C18H19N3O.C2HF3O2/c1-14-3-2-4-16(9-14)17-10-19-18-12-20(6-7-21(17)18)11-15-5-8-22-13-15;3-2(4,5)1(6)7/h2-5,8-10,13H,6-7,11-12H2,1H3;(H,6,7). The molecule has 0 radical (unpaired) electrons. The number of furan rings is 1. The maximum atomic E-state index is 10.6. The average molecular weight is 407 g/mol. The van der Waals surface area contributed by atoms with Gasteiger partial charge in [0.05, 0.1) is 31.0 Å². The Morgan fingerprint density at radius 1 is 1.28 bits per heavy atom. The quantitative estimate of drug-likeness (QED) is 0.708. The molecule has 9 heteroatoms. The van der Waals surface area contributed by atoms with Crippen LogP contribution in [0.1, 0.15) is 17.0 Å². The van der Waals surface area contributed by atoms with Crippen molar-refractivity contribution < 1.29 is 27.5 Å². The Kier molecular flexibility index (Phi) is 6.07. The lowest BCUT2D eigenvalue weighted by Crippen LogP contribution is -2.33. The number of nitrogens with zero attached hydrogens (tertiary/aromatic N) is 3. The first-order valence-corrected chi connectivity index (χ1v) is 8.89. The van der Waals surface area contributed by atoms with Crippen molar-refractivity contribution in [3.05, 3.63) is 66.0 Å². The van der Waals surface area contributed by atoms with Crippen LogP contribution in [0.4, 0.5) is 13.2 Å². The predicted molar refractivity (Wildman–Crippen MR) is 98.9 cm³/mol. The minimum Gasteiger partial charge on any atom is -0.475 e. The highest BCUT2D eigenvalue weighted by molar-refractivity contribution is 5.73. The molecule has 0 saturated carbocycles. The number of alkyl halides is 3. The summed E-state index contributed by atoms with van der Waals surface area (Å²) >= 11 is 0. The third-order valence-corrected chi connectivity index (χ3v) is 4.49. The van der Waals surface area contributed by atoms with Gasteiger partial charge in [-0.15, -0.1) is 0 Å². The summed E-state index contributed by atoms with van der Waals surface area (Å²) < 4.78 is 39.2. The maximum absolute atomic E-state index is 10.6. The van der Waals surface area contributed by atoms with E-state index in [1.54, 1.807) is 6.26 Å². The molecular formula is C20H20F3N3O3. The van der Waals surface area contributed by atoms with Gasteiger partial charge in [0.1, 0.15) is 5.82 Å². The van der Waals surface area contributed by atoms with Crippen molar-refractivity contribution in [2.24, 2.45) is 0 Å². The number of aromatic nitrogens is 2. The van der Waals surface area contributed by atoms with Crippen LogP contribution in [0, 0.1) is 6.92 Å². The molecule has 4 rings (SSSR count). The van der Waals surface area contributed by atoms with Gasteiger partial charge in [0.2, 0.25) is 0 Å². The number of hydrogen-bond acceptors (Lipinski definition) is 4. The molecule has 6 nitrogen and oxygen atoms in total. The zero-order chi connectivity index (χ0) is 21.0. The topological polar surface area (TPSA) is 71.5 Å². The monoisotopic (exact) mass is 407 g/mol. The highest BCUT2D eigenvalue weighted by atomic mass is 19.4. The minimum atomic E-state index is -5.08. The smallest absolute Gasteiger partial charge is 0.475 e. The Bertz CT molecular complexity index is 965. The van der Waals surface area contributed by atoms with Crippen molar-refractivity contribution in [2.75, 3.05) is 6.54 Å². The van der Waals surface area contributed by atoms with Crippen molar-refractivity contribution in [1.82, 2.24) is 14.5 Å². The van der Waals surface area contributed by atoms with Crippen molar-refractivity contribution in [3.63, 3.8) is 0 Å². The number of aliphatic carboxylic acids is 1. The van der Waals surface area contributed by atoms with E-state index in [1.807, 2.05) is 18.5 Å². The first-order valence-electron chi connectivity index (χ1n) is 8.89. The van der Waals surface area contributed by atoms with Crippen molar-refractivity contribution in [3.8, 4) is 11.3 Å². The Morgan fingerprint density at radius 3 is 2.66 bits per heavy atom. The number of rotatable bonds is 3. The number of imidazole rings is 1. The highest BCUT2D eigenvalue weighted by Crippen LogP contribution is 2.25. The molecule has 0 spiro atoms. The second kappa shape index (κ2) is 8.52. The van der Waals surface area contributed by atoms with Crippen LogP contribution in [-0.4, -0.2) is 38.2 Å². The molecule has 1 N–H and O–H groups in total. The number of halogens is 3. The predicted octanol–water partition coefficient (Wildman–Crippen LogP) is 4.10. The van der Waals surface area contributed by atoms with Crippen LogP contribution in [0.2, 0.25) is 0 Å². The lowest BCUT2D eigenvalue weighted by Gasteiger charge is -2.28. The molecule has 0 amide bonds. The molecule has 0 saturated heterocycles. The van der Waals surface area contributed by atoms with E-state index in [0.717, 1.165) is 32.0 Å². The fourth-order valence-electron chi connectivity index (χ4n) is 3.12. The molecule has 0 unspecified atom stereocenters. The van der Waals surface area contributed by atoms with E-state index < -0.39 is 12.1 Å². The van der Waals surface area contributed by atoms with Crippen molar-refractivity contribution in [2.45, 2.75) is 32.7 Å². The summed E-state index contributed by atoms with van der Waals surface area (Å²) in [6, 6.07) is 10.7. The Hall–Kier alpha value is -3.07. The summed E-state index contributed by atoms with van der Waals surface area (Å²) in [5.41, 5.74) is 4.98. The molecule has 1 aliphatic rings. The normalized spacial score (nSPS) is 14.1. The van der Waals surface area contributed by atoms with Crippen molar-refractivity contribution in [1.29, 1.82) is 0 Å². The van der Waals surface area contributed by atoms with Gasteiger partial charge in [-0.1, -0.05) is 23.8 Å². The number of hydrogen-bond donors (Lipinski definition) is 1. The summed E-state index contributed by atoms with van der Waals surface area (Å²) in [7, 11) is 0. The second-order valence-corrected chi connectivity index (χ2v) is 6.73. The summed E-state index contributed by atoms with van der Waals surface area (Å²) in [5, 5.41) is 7.12. The number of carboxylic acids is 1. The summed E-state index contributed by atoms with van der Waals surface area (Å²) in [5.74, 6) is -1.61. The van der Waals surface area contributed by atoms with E-state index in [1.165, 1.54) is 22.4 Å². The van der Waals surface area contributed by atoms with Gasteiger partial charge in [0.15, 0.2) is 0 Å². The maximum Gasteiger partial charge on any atom is 0.490 e. The van der Waals surface area contributed by atoms with Crippen LogP contribution in [0.25, 0.3) is 11.3 Å². The number of aryl methyl sites for hydroxylation is 1. The van der Waals surface area contributed by atoms with Gasteiger partial charge in [-0.2, -0.15) is 13.2 Å². The van der Waals surface area contributed by atoms with E-state index in [-0.39, 0.29) is 0 Å². The zero-order valence-corrected chi connectivity index (χ0v) is 15.7. The molecule has 29 heavy (non-hydrogen) atoms. The molecule has 2 aromatic heterocycles. The van der Waals surface area contributed by atoms with Crippen LogP contribution in [0.15, 0.2) is 53.5 Å². The van der Waals surface area contributed by atoms with Gasteiger partial charge < -0.3 is 14.1 Å². The molecule has 3 heterocycles. The van der Waals surface area contributed by atoms with Crippen LogP contribution in [0.3, 0.4) is 0 Å². The average Bonchev–Trinajstić information content (AvgIpc) is 3.31. The molecule has 1 aromatic carbocycles. The molecule has 3 aromatic rings. The van der Waals surface area contributed by atoms with Gasteiger partial charge >= 0.3 is 12.1 Å². The minimum absolute atomic E-state index is 0.886. The van der Waals surface area contributed by atoms with E-state index in [9.17, 15) is 13.2 Å². The molecule has 0 aliphatic carbocycles. The molecule has 1 aliphatic heterocycles. The first-order chi connectivity index (χ1) is 13.7. The fourth-order valence-corrected chi connectivity index (χ4v) is 3.12. The molecule has 0 fully saturated rings. The van der Waals surface area contributed by atoms with E-state index >= 15 is 0 Å². The van der Waals surface area contributed by atoms with Gasteiger partial charge in [-0.25, -0.2) is 9.78 Å². The van der Waals surface area contributed by atoms with Crippen LogP contribution < -0.4 is 0 Å². The molecule has 0 atom stereocenters. The van der Waals surface area contributed by atoms with Crippen LogP contribution in [0.5, 0.6) is 0 Å². The van der Waals surface area contributed by atoms with Gasteiger partial charge in [-0.3, -0.25) is 4.90 Å². The second-order valence-electron chi connectivity index (χ2n) is 6.73. The summed E-state index contributed by atoms with van der Waals surface area (Å²) in [6.45, 7) is 5.95. The third kappa shape index (κ3) is 5.26. The zero-order valence-electron chi connectivity index (χ0n) is 15.7. The number of fused-ring (bicyclic) bond motifs is 1. The van der Waals surface area contributed by atoms with Crippen LogP contribution in [-0.2, 0) is 24.4 Å². The van der Waals surface area contributed by atoms with E-state index in [0.29, 0.717) is 0 Å². The Balaban J connectivity index is 0.000000298. The third-order valence-electron chi connectivity index (χ3n) is 4.49. The SMILES string of the molecule is Cc1cccc(-c2cnc3n2CCN(Cc2ccoc2)C3)c1.O=C(O)C(F)(F)F. The van der Waals surface area contributed by atoms with Gasteiger partial charge in [0, 0.05) is 30.8 Å². The first kappa shape index (κ1) is 20.7. The summed E-state index contributed by atoms with van der Waals surface area (Å²) in [6.07, 6.45) is 0.473. The van der Waals surface area contributed by atoms with E-state index in [2.05, 4.69) is 45.6 Å². The number of carboxylic acid groups (broad SMARTS) is 1. The van der Waals surface area contributed by atoms with Gasteiger partial charge in [0.25, 0.3) is 0 Å². The summed E-state index contributed by atoms with van der Waals surface area (Å²) in [4.78, 5) is 15.9. The Morgan fingerprint density at radius 2 is 2.03 bits per heavy atom. The molecule has 154 valence electrons. The van der Waals surface area contributed by atoms with Gasteiger partial charge in [-0.05, 0) is 19.1 Å². The highest BCUT2D eigenvalue weighted by Gasteiger charge is 2.38. The number of benzene rings is 1. The lowest BCUT2D eigenvalue weighted by molar-refractivity contribution is -0.192. The fraction of sp³-hybridized carbons (Fsp3) is 0.300. The van der Waals surface area contributed by atoms with E-state index in [4.69, 9.17) is 14.3 Å². The molecule has 0 bridgehead atoms. The molecular weight excluding hydrogens is 387 g/mol. The lowest BCUT2D eigenvalue weighted by atomic mass is 10.1. The van der Waals surface area contributed by atoms with Crippen LogP contribution >= 0.6 is 0 Å².